The predicted octanol–water partition coefficient (Wildman–Crippen LogP) is 4.45. The molecule has 0 aliphatic heterocycles. The maximum absolute atomic E-state index is 12.1. The first-order valence-corrected chi connectivity index (χ1v) is 5.78. The van der Waals surface area contributed by atoms with Crippen LogP contribution < -0.4 is 0 Å². The molecule has 0 rings (SSSR count). The minimum absolute atomic E-state index is 0.844. The summed E-state index contributed by atoms with van der Waals surface area (Å²) >= 11 is 0. The van der Waals surface area contributed by atoms with Crippen molar-refractivity contribution in [1.29, 1.82) is 0 Å². The maximum Gasteiger partial charge on any atom is 0.422 e. The Morgan fingerprint density at radius 2 is 1.48 bits per heavy atom. The van der Waals surface area contributed by atoms with Gasteiger partial charge in [0.05, 0.1) is 0 Å². The summed E-state index contributed by atoms with van der Waals surface area (Å²) < 4.78 is 99.6. The lowest BCUT2D eigenvalue weighted by Gasteiger charge is -2.29. The Morgan fingerprint density at radius 3 is 1.67 bits per heavy atom. The predicted molar refractivity (Wildman–Crippen MR) is 58.8 cm³/mol. The van der Waals surface area contributed by atoms with E-state index in [1.807, 2.05) is 13.8 Å². The van der Waals surface area contributed by atoms with Crippen molar-refractivity contribution in [3.05, 3.63) is 11.9 Å². The van der Waals surface area contributed by atoms with Crippen LogP contribution in [0.3, 0.4) is 0 Å². The van der Waals surface area contributed by atoms with Crippen LogP contribution in [0.5, 0.6) is 0 Å². The first kappa shape index (κ1) is 22.4. The number of hydrogen-bond donors (Lipinski definition) is 1. The fourth-order valence-corrected chi connectivity index (χ4v) is 0.973. The van der Waals surface area contributed by atoms with Crippen molar-refractivity contribution in [3.63, 3.8) is 0 Å². The SMILES string of the molecule is CCOCC.OC(CCC(F)=C(F)F)(C(F)F)C(F)(F)F. The highest BCUT2D eigenvalue weighted by molar-refractivity contribution is 4.97. The summed E-state index contributed by atoms with van der Waals surface area (Å²) in [6.07, 6.45) is -16.4. The first-order valence-electron chi connectivity index (χ1n) is 5.78. The van der Waals surface area contributed by atoms with E-state index in [9.17, 15) is 35.1 Å². The van der Waals surface area contributed by atoms with Gasteiger partial charge in [-0.2, -0.15) is 22.0 Å². The van der Waals surface area contributed by atoms with E-state index in [0.29, 0.717) is 0 Å². The van der Waals surface area contributed by atoms with Gasteiger partial charge < -0.3 is 9.84 Å². The molecule has 0 radical (unpaired) electrons. The third-order valence-electron chi connectivity index (χ3n) is 2.19. The molecule has 10 heteroatoms. The van der Waals surface area contributed by atoms with Gasteiger partial charge in [0, 0.05) is 19.6 Å². The normalized spacial score (nSPS) is 14.3. The average Bonchev–Trinajstić information content (AvgIpc) is 2.35. The van der Waals surface area contributed by atoms with Gasteiger partial charge in [-0.25, -0.2) is 13.2 Å². The monoisotopic (exact) mass is 332 g/mol. The maximum atomic E-state index is 12.1. The summed E-state index contributed by atoms with van der Waals surface area (Å²) in [7, 11) is 0. The molecule has 0 saturated carbocycles. The van der Waals surface area contributed by atoms with Gasteiger partial charge in [-0.1, -0.05) is 0 Å². The van der Waals surface area contributed by atoms with Crippen molar-refractivity contribution < 1.29 is 45.0 Å². The zero-order chi connectivity index (χ0) is 17.3. The van der Waals surface area contributed by atoms with Crippen LogP contribution in [-0.2, 0) is 4.74 Å². The molecular formula is C11H16F8O2. The van der Waals surface area contributed by atoms with Gasteiger partial charge in [-0.15, -0.1) is 0 Å². The molecule has 0 bridgehead atoms. The van der Waals surface area contributed by atoms with Gasteiger partial charge in [0.25, 0.3) is 6.43 Å². The van der Waals surface area contributed by atoms with E-state index in [1.54, 1.807) is 0 Å². The average molecular weight is 332 g/mol. The van der Waals surface area contributed by atoms with Gasteiger partial charge in [-0.05, 0) is 20.3 Å². The van der Waals surface area contributed by atoms with Crippen molar-refractivity contribution in [3.8, 4) is 0 Å². The third-order valence-corrected chi connectivity index (χ3v) is 2.19. The number of alkyl halides is 5. The van der Waals surface area contributed by atoms with Crippen LogP contribution in [0.15, 0.2) is 11.9 Å². The van der Waals surface area contributed by atoms with Gasteiger partial charge >= 0.3 is 12.3 Å². The molecule has 0 spiro atoms. The summed E-state index contributed by atoms with van der Waals surface area (Å²) in [6, 6.07) is 0. The Labute approximate surface area is 116 Å². The Morgan fingerprint density at radius 1 is 1.05 bits per heavy atom. The lowest BCUT2D eigenvalue weighted by Crippen LogP contribution is -2.51. The van der Waals surface area contributed by atoms with E-state index in [1.165, 1.54) is 0 Å². The highest BCUT2D eigenvalue weighted by Gasteiger charge is 2.60. The van der Waals surface area contributed by atoms with Crippen LogP contribution in [0.1, 0.15) is 26.7 Å². The zero-order valence-corrected chi connectivity index (χ0v) is 11.3. The number of ether oxygens (including phenoxy) is 1. The highest BCUT2D eigenvalue weighted by atomic mass is 19.4. The topological polar surface area (TPSA) is 29.5 Å². The van der Waals surface area contributed by atoms with Crippen LogP contribution in [0, 0.1) is 0 Å². The van der Waals surface area contributed by atoms with E-state index in [4.69, 9.17) is 9.84 Å². The molecule has 0 heterocycles. The lowest BCUT2D eigenvalue weighted by atomic mass is 9.97. The molecule has 0 saturated heterocycles. The fourth-order valence-electron chi connectivity index (χ4n) is 0.973. The summed E-state index contributed by atoms with van der Waals surface area (Å²) in [5.74, 6) is -2.26. The number of aliphatic hydroxyl groups is 1. The summed E-state index contributed by atoms with van der Waals surface area (Å²) in [4.78, 5) is 0. The summed E-state index contributed by atoms with van der Waals surface area (Å²) in [6.45, 7) is 5.67. The van der Waals surface area contributed by atoms with E-state index in [0.717, 1.165) is 13.2 Å². The van der Waals surface area contributed by atoms with Crippen LogP contribution in [0.2, 0.25) is 0 Å². The van der Waals surface area contributed by atoms with Gasteiger partial charge in [0.2, 0.25) is 5.60 Å². The van der Waals surface area contributed by atoms with Crippen molar-refractivity contribution in [2.24, 2.45) is 0 Å². The molecule has 0 aromatic rings. The van der Waals surface area contributed by atoms with Crippen LogP contribution in [-0.4, -0.2) is 36.5 Å². The van der Waals surface area contributed by atoms with E-state index < -0.39 is 43.0 Å². The lowest BCUT2D eigenvalue weighted by molar-refractivity contribution is -0.300. The molecule has 0 aromatic carbocycles. The highest BCUT2D eigenvalue weighted by Crippen LogP contribution is 2.39. The van der Waals surface area contributed by atoms with E-state index >= 15 is 0 Å². The van der Waals surface area contributed by atoms with E-state index in [2.05, 4.69) is 0 Å². The summed E-state index contributed by atoms with van der Waals surface area (Å²) in [5, 5.41) is 8.55. The molecule has 1 unspecified atom stereocenters. The molecule has 1 N–H and O–H groups in total. The molecule has 0 fully saturated rings. The Kier molecular flexibility index (Phi) is 10.6. The number of allylic oxidation sites excluding steroid dienone is 1. The first-order chi connectivity index (χ1) is 9.43. The number of halogens is 8. The summed E-state index contributed by atoms with van der Waals surface area (Å²) in [5.41, 5.74) is -4.49. The molecule has 0 aliphatic rings. The molecule has 0 aliphatic carbocycles. The standard InChI is InChI=1S/C7H6F8O.C4H10O/c8-3(4(9)10)1-2-6(16,5(11)12)7(13,14)15;1-3-5-4-2/h5,16H,1-2H2;3-4H2,1-2H3. The molecule has 21 heavy (non-hydrogen) atoms. The van der Waals surface area contributed by atoms with Crippen molar-refractivity contribution in [1.82, 2.24) is 0 Å². The molecular weight excluding hydrogens is 316 g/mol. The molecule has 2 nitrogen and oxygen atoms in total. The Hall–Kier alpha value is -0.900. The minimum Gasteiger partial charge on any atom is -0.382 e. The second-order valence-electron chi connectivity index (χ2n) is 3.67. The van der Waals surface area contributed by atoms with Crippen molar-refractivity contribution >= 4 is 0 Å². The minimum atomic E-state index is -5.73. The number of hydrogen-bond acceptors (Lipinski definition) is 2. The molecule has 1 atom stereocenters. The molecule has 0 aromatic heterocycles. The molecule has 128 valence electrons. The zero-order valence-electron chi connectivity index (χ0n) is 11.3. The quantitative estimate of drug-likeness (QED) is 0.729. The van der Waals surface area contributed by atoms with Crippen LogP contribution in [0.4, 0.5) is 35.1 Å². The van der Waals surface area contributed by atoms with Crippen molar-refractivity contribution in [2.45, 2.75) is 44.9 Å². The fraction of sp³-hybridized carbons (Fsp3) is 0.818. The second-order valence-corrected chi connectivity index (χ2v) is 3.67. The number of rotatable bonds is 6. The Balaban J connectivity index is 0. The van der Waals surface area contributed by atoms with Gasteiger partial charge in [0.1, 0.15) is 0 Å². The third kappa shape index (κ3) is 8.20. The van der Waals surface area contributed by atoms with E-state index in [-0.39, 0.29) is 0 Å². The second kappa shape index (κ2) is 9.93. The van der Waals surface area contributed by atoms with Gasteiger partial charge in [-0.3, -0.25) is 0 Å². The largest absolute Gasteiger partial charge is 0.422 e. The Bertz CT molecular complexity index is 310. The van der Waals surface area contributed by atoms with Crippen molar-refractivity contribution in [2.75, 3.05) is 13.2 Å². The van der Waals surface area contributed by atoms with Crippen LogP contribution in [0.25, 0.3) is 0 Å². The van der Waals surface area contributed by atoms with Gasteiger partial charge in [0.15, 0.2) is 5.83 Å². The van der Waals surface area contributed by atoms with Crippen LogP contribution >= 0.6 is 0 Å². The smallest absolute Gasteiger partial charge is 0.382 e. The molecule has 0 amide bonds.